The fourth-order valence-electron chi connectivity index (χ4n) is 3.67. The van der Waals surface area contributed by atoms with Crippen molar-refractivity contribution in [3.8, 4) is 0 Å². The van der Waals surface area contributed by atoms with Crippen molar-refractivity contribution in [3.05, 3.63) is 29.8 Å². The van der Waals surface area contributed by atoms with Crippen LogP contribution in [0.1, 0.15) is 51.9 Å². The molecule has 0 spiro atoms. The van der Waals surface area contributed by atoms with E-state index in [2.05, 4.69) is 0 Å². The number of hydrogen-bond acceptors (Lipinski definition) is 7. The highest BCUT2D eigenvalue weighted by Gasteiger charge is 2.30. The second-order valence-corrected chi connectivity index (χ2v) is 10.3. The molecule has 2 aromatic rings. The van der Waals surface area contributed by atoms with E-state index in [1.807, 2.05) is 0 Å². The van der Waals surface area contributed by atoms with Crippen molar-refractivity contribution in [1.29, 1.82) is 0 Å². The molecule has 0 saturated carbocycles. The molecule has 0 aliphatic carbocycles. The van der Waals surface area contributed by atoms with Crippen LogP contribution >= 0.6 is 0 Å². The topological polar surface area (TPSA) is 122 Å². The van der Waals surface area contributed by atoms with Gasteiger partial charge in [-0.2, -0.15) is 0 Å². The molecule has 1 fully saturated rings. The first-order valence-electron chi connectivity index (χ1n) is 11.2. The maximum Gasteiger partial charge on any atom is 0.506 e. The summed E-state index contributed by atoms with van der Waals surface area (Å²) < 4.78 is 11.9. The summed E-state index contributed by atoms with van der Waals surface area (Å²) in [6.07, 6.45) is -1.15. The molecule has 34 heavy (non-hydrogen) atoms. The quantitative estimate of drug-likeness (QED) is 0.638. The van der Waals surface area contributed by atoms with E-state index in [4.69, 9.17) is 9.47 Å². The minimum absolute atomic E-state index is 0.0557. The zero-order chi connectivity index (χ0) is 25.4. The lowest BCUT2D eigenvalue weighted by molar-refractivity contribution is 0.0140. The lowest BCUT2D eigenvalue weighted by Gasteiger charge is -2.35. The molecule has 2 heterocycles. The molecule has 1 saturated heterocycles. The number of carbonyl (C=O) groups is 3. The van der Waals surface area contributed by atoms with Gasteiger partial charge in [-0.15, -0.1) is 0 Å². The zero-order valence-electron chi connectivity index (χ0n) is 20.5. The van der Waals surface area contributed by atoms with Gasteiger partial charge in [0.2, 0.25) is 0 Å². The summed E-state index contributed by atoms with van der Waals surface area (Å²) in [7, 11) is -1.90. The van der Waals surface area contributed by atoms with Crippen LogP contribution in [0.3, 0.4) is 0 Å². The molecule has 184 valence electrons. The smallest absolute Gasteiger partial charge is 0.444 e. The van der Waals surface area contributed by atoms with Gasteiger partial charge in [0, 0.05) is 37.1 Å². The zero-order valence-corrected chi connectivity index (χ0v) is 20.5. The third-order valence-corrected chi connectivity index (χ3v) is 5.14. The molecule has 1 aromatic heterocycles. The van der Waals surface area contributed by atoms with Crippen LogP contribution in [0, 0.1) is 0 Å². The van der Waals surface area contributed by atoms with Gasteiger partial charge in [0.25, 0.3) is 5.91 Å². The Bertz CT molecular complexity index is 1090. The van der Waals surface area contributed by atoms with Crippen LogP contribution < -0.4 is 5.59 Å². The monoisotopic (exact) mass is 473 g/mol. The first kappa shape index (κ1) is 25.6. The van der Waals surface area contributed by atoms with Crippen LogP contribution in [0.5, 0.6) is 0 Å². The average Bonchev–Trinajstić information content (AvgIpc) is 3.10. The third-order valence-electron chi connectivity index (χ3n) is 5.14. The molecule has 2 N–H and O–H groups in total. The fourth-order valence-corrected chi connectivity index (χ4v) is 3.67. The van der Waals surface area contributed by atoms with Crippen molar-refractivity contribution in [2.24, 2.45) is 0 Å². The van der Waals surface area contributed by atoms with E-state index in [1.54, 1.807) is 69.5 Å². The molecule has 0 unspecified atom stereocenters. The van der Waals surface area contributed by atoms with Gasteiger partial charge in [0.15, 0.2) is 0 Å². The van der Waals surface area contributed by atoms with Crippen molar-refractivity contribution in [2.45, 2.75) is 52.7 Å². The molecule has 1 aliphatic heterocycles. The van der Waals surface area contributed by atoms with Gasteiger partial charge in [-0.1, -0.05) is 0 Å². The molecular weight excluding hydrogens is 441 g/mol. The number of carbonyl (C=O) groups excluding carboxylic acids is 3. The van der Waals surface area contributed by atoms with Crippen molar-refractivity contribution in [3.63, 3.8) is 0 Å². The maximum atomic E-state index is 13.1. The molecule has 1 aromatic carbocycles. The van der Waals surface area contributed by atoms with Crippen LogP contribution in [-0.4, -0.2) is 87.0 Å². The number of rotatable bonds is 2. The van der Waals surface area contributed by atoms with E-state index in [0.29, 0.717) is 42.6 Å². The number of nitrogens with zero attached hydrogens (tertiary/aromatic N) is 3. The molecule has 3 rings (SSSR count). The Hall–Kier alpha value is -3.05. The predicted octanol–water partition coefficient (Wildman–Crippen LogP) is 1.80. The highest BCUT2D eigenvalue weighted by atomic mass is 16.6. The maximum absolute atomic E-state index is 13.1. The largest absolute Gasteiger partial charge is 0.506 e. The summed E-state index contributed by atoms with van der Waals surface area (Å²) in [6.45, 7) is 12.0. The Labute approximate surface area is 199 Å². The predicted molar refractivity (Wildman–Crippen MR) is 127 cm³/mol. The van der Waals surface area contributed by atoms with Crippen molar-refractivity contribution >= 4 is 41.7 Å². The van der Waals surface area contributed by atoms with Crippen LogP contribution in [0.2, 0.25) is 0 Å². The van der Waals surface area contributed by atoms with Gasteiger partial charge in [-0.3, -0.25) is 9.36 Å². The Morgan fingerprint density at radius 1 is 0.824 bits per heavy atom. The standard InChI is InChI=1S/C23H32BN3O7/c1-22(2,3)33-20(29)26-11-9-25(10-12-26)19(28)15-7-8-17-16(13-15)14-18(24(31)32)27(17)21(30)34-23(4,5)6/h7-8,13-14,31-32H,9-12H2,1-6H3. The summed E-state index contributed by atoms with van der Waals surface area (Å²) in [5.41, 5.74) is -0.638. The number of ether oxygens (including phenoxy) is 2. The normalized spacial score (nSPS) is 14.8. The molecule has 0 atom stereocenters. The summed E-state index contributed by atoms with van der Waals surface area (Å²) in [5, 5.41) is 20.1. The van der Waals surface area contributed by atoms with Crippen molar-refractivity contribution in [2.75, 3.05) is 26.2 Å². The fraction of sp³-hybridized carbons (Fsp3) is 0.522. The first-order chi connectivity index (χ1) is 15.7. The van der Waals surface area contributed by atoms with Crippen LogP contribution in [0.15, 0.2) is 24.3 Å². The van der Waals surface area contributed by atoms with Gasteiger partial charge < -0.3 is 29.3 Å². The summed E-state index contributed by atoms with van der Waals surface area (Å²) >= 11 is 0. The van der Waals surface area contributed by atoms with Crippen molar-refractivity contribution < 1.29 is 33.9 Å². The Morgan fingerprint density at radius 3 is 1.88 bits per heavy atom. The Morgan fingerprint density at radius 2 is 1.35 bits per heavy atom. The van der Waals surface area contributed by atoms with E-state index in [0.717, 1.165) is 4.57 Å². The number of benzene rings is 1. The van der Waals surface area contributed by atoms with Gasteiger partial charge >= 0.3 is 19.3 Å². The second-order valence-electron chi connectivity index (χ2n) is 10.3. The van der Waals surface area contributed by atoms with E-state index in [1.165, 1.54) is 6.07 Å². The molecule has 0 radical (unpaired) electrons. The van der Waals surface area contributed by atoms with E-state index >= 15 is 0 Å². The van der Waals surface area contributed by atoms with Gasteiger partial charge in [0.1, 0.15) is 11.2 Å². The summed E-state index contributed by atoms with van der Waals surface area (Å²) in [4.78, 5) is 41.3. The van der Waals surface area contributed by atoms with Crippen LogP contribution in [0.4, 0.5) is 9.59 Å². The molecule has 10 nitrogen and oxygen atoms in total. The summed E-state index contributed by atoms with van der Waals surface area (Å²) in [6, 6.07) is 6.21. The third kappa shape index (κ3) is 5.90. The number of amides is 2. The molecule has 11 heteroatoms. The van der Waals surface area contributed by atoms with Gasteiger partial charge in [-0.25, -0.2) is 9.59 Å². The lowest BCUT2D eigenvalue weighted by atomic mass is 9.86. The number of aromatic nitrogens is 1. The highest BCUT2D eigenvalue weighted by molar-refractivity contribution is 6.59. The Balaban J connectivity index is 1.79. The second kappa shape index (κ2) is 9.30. The highest BCUT2D eigenvalue weighted by Crippen LogP contribution is 2.21. The SMILES string of the molecule is CC(C)(C)OC(=O)N1CCN(C(=O)c2ccc3c(c2)cc(B(O)O)n3C(=O)OC(C)(C)C)CC1. The number of hydrogen-bond donors (Lipinski definition) is 2. The van der Waals surface area contributed by atoms with Crippen LogP contribution in [-0.2, 0) is 9.47 Å². The first-order valence-corrected chi connectivity index (χ1v) is 11.2. The van der Waals surface area contributed by atoms with E-state index in [-0.39, 0.29) is 11.5 Å². The van der Waals surface area contributed by atoms with E-state index < -0.39 is 30.5 Å². The molecule has 2 amide bonds. The Kier molecular flexibility index (Phi) is 7.00. The van der Waals surface area contributed by atoms with Crippen LogP contribution in [0.25, 0.3) is 10.9 Å². The van der Waals surface area contributed by atoms with Gasteiger partial charge in [-0.05, 0) is 65.8 Å². The number of fused-ring (bicyclic) bond motifs is 1. The minimum Gasteiger partial charge on any atom is -0.444 e. The van der Waals surface area contributed by atoms with Crippen molar-refractivity contribution in [1.82, 2.24) is 14.4 Å². The molecule has 1 aliphatic rings. The lowest BCUT2D eigenvalue weighted by Crippen LogP contribution is -2.51. The average molecular weight is 473 g/mol. The molecular formula is C23H32BN3O7. The summed E-state index contributed by atoms with van der Waals surface area (Å²) in [5.74, 6) is -0.221. The van der Waals surface area contributed by atoms with E-state index in [9.17, 15) is 24.4 Å². The molecule has 0 bridgehead atoms. The van der Waals surface area contributed by atoms with Gasteiger partial charge in [0.05, 0.1) is 11.1 Å². The minimum atomic E-state index is -1.90. The number of piperazine rings is 1.